The zero-order chi connectivity index (χ0) is 20.1. The summed E-state index contributed by atoms with van der Waals surface area (Å²) in [6.07, 6.45) is -5.03. The zero-order valence-corrected chi connectivity index (χ0v) is 14.7. The highest BCUT2D eigenvalue weighted by Gasteiger charge is 2.45. The lowest BCUT2D eigenvalue weighted by Gasteiger charge is -2.39. The fourth-order valence-corrected chi connectivity index (χ4v) is 2.56. The minimum atomic E-state index is -1.61. The number of carbonyl (C=O) groups is 1. The molecule has 5 atom stereocenters. The maximum atomic E-state index is 10.7. The van der Waals surface area contributed by atoms with Crippen LogP contribution in [0.2, 0.25) is 0 Å². The average molecular weight is 386 g/mol. The van der Waals surface area contributed by atoms with E-state index in [9.17, 15) is 25.2 Å². The van der Waals surface area contributed by atoms with Crippen LogP contribution in [0, 0.1) is 0 Å². The molecule has 0 aromatic heterocycles. The van der Waals surface area contributed by atoms with Crippen LogP contribution in [-0.4, -0.2) is 83.0 Å². The van der Waals surface area contributed by atoms with Gasteiger partial charge in [-0.2, -0.15) is 0 Å². The lowest BCUT2D eigenvalue weighted by Crippen LogP contribution is -2.60. The quantitative estimate of drug-likeness (QED) is 0.368. The Hall–Kier alpha value is -2.37. The van der Waals surface area contributed by atoms with Crippen LogP contribution < -0.4 is 14.2 Å². The molecule has 1 heterocycles. The third kappa shape index (κ3) is 4.67. The molecule has 1 aliphatic rings. The van der Waals surface area contributed by atoms with Crippen molar-refractivity contribution in [1.29, 1.82) is 0 Å². The van der Waals surface area contributed by atoms with E-state index >= 15 is 0 Å². The van der Waals surface area contributed by atoms with Gasteiger partial charge < -0.3 is 44.5 Å². The molecule has 1 aliphatic heterocycles. The van der Waals surface area contributed by atoms with Gasteiger partial charge in [0.15, 0.2) is 11.5 Å². The van der Waals surface area contributed by atoms with Crippen molar-refractivity contribution < 1.29 is 49.3 Å². The Bertz CT molecular complexity index is 661. The number of ether oxygens (including phenoxy) is 4. The van der Waals surface area contributed by atoms with Crippen molar-refractivity contribution in [3.63, 3.8) is 0 Å². The molecule has 0 aliphatic carbocycles. The predicted molar refractivity (Wildman–Crippen MR) is 90.6 cm³/mol. The predicted octanol–water partition coefficient (Wildman–Crippen LogP) is -1.02. The van der Waals surface area contributed by atoms with Crippen LogP contribution >= 0.6 is 0 Å². The van der Waals surface area contributed by atoms with Gasteiger partial charge in [0.25, 0.3) is 0 Å². The van der Waals surface area contributed by atoms with Crippen LogP contribution in [0.4, 0.5) is 0 Å². The lowest BCUT2D eigenvalue weighted by atomic mass is 9.99. The minimum Gasteiger partial charge on any atom is -0.493 e. The zero-order valence-electron chi connectivity index (χ0n) is 14.7. The summed E-state index contributed by atoms with van der Waals surface area (Å²) < 4.78 is 21.4. The first-order valence-corrected chi connectivity index (χ1v) is 7.96. The van der Waals surface area contributed by atoms with E-state index in [2.05, 4.69) is 0 Å². The van der Waals surface area contributed by atoms with Crippen LogP contribution in [0.15, 0.2) is 18.2 Å². The van der Waals surface area contributed by atoms with Crippen molar-refractivity contribution in [3.8, 4) is 17.2 Å². The Kier molecular flexibility index (Phi) is 6.99. The molecule has 5 N–H and O–H groups in total. The molecular formula is C17H22O10. The largest absolute Gasteiger partial charge is 0.493 e. The summed E-state index contributed by atoms with van der Waals surface area (Å²) in [4.78, 5) is 10.7. The molecule has 1 unspecified atom stereocenters. The fraction of sp³-hybridized carbons (Fsp3) is 0.471. The number of rotatable bonds is 7. The van der Waals surface area contributed by atoms with Gasteiger partial charge in [0.05, 0.1) is 20.8 Å². The second-order valence-corrected chi connectivity index (χ2v) is 5.74. The van der Waals surface area contributed by atoms with Crippen molar-refractivity contribution in [1.82, 2.24) is 0 Å². The number of aliphatic carboxylic acids is 1. The van der Waals surface area contributed by atoms with Crippen molar-refractivity contribution in [2.45, 2.75) is 30.7 Å². The van der Waals surface area contributed by atoms with Gasteiger partial charge in [-0.15, -0.1) is 0 Å². The van der Waals surface area contributed by atoms with E-state index < -0.39 is 43.3 Å². The molecule has 0 spiro atoms. The number of benzene rings is 1. The molecule has 1 aromatic carbocycles. The summed E-state index contributed by atoms with van der Waals surface area (Å²) in [7, 11) is 2.69. The Morgan fingerprint density at radius 3 is 2.19 bits per heavy atom. The number of carboxylic acids is 1. The number of hydrogen-bond donors (Lipinski definition) is 5. The summed E-state index contributed by atoms with van der Waals surface area (Å²) in [5.74, 6) is -0.806. The topological polar surface area (TPSA) is 155 Å². The second-order valence-electron chi connectivity index (χ2n) is 5.74. The highest BCUT2D eigenvalue weighted by molar-refractivity contribution is 5.85. The molecule has 0 saturated carbocycles. The normalized spacial score (nSPS) is 28.1. The number of carboxylic acid groups (broad SMARTS) is 1. The van der Waals surface area contributed by atoms with Gasteiger partial charge in [-0.3, -0.25) is 0 Å². The highest BCUT2D eigenvalue weighted by Crippen LogP contribution is 2.40. The highest BCUT2D eigenvalue weighted by atomic mass is 16.7. The van der Waals surface area contributed by atoms with Crippen molar-refractivity contribution in [2.75, 3.05) is 20.8 Å². The van der Waals surface area contributed by atoms with Crippen LogP contribution in [0.1, 0.15) is 5.56 Å². The maximum Gasteiger partial charge on any atom is 0.328 e. The number of methoxy groups -OCH3 is 2. The molecule has 0 amide bonds. The molecule has 2 rings (SSSR count). The van der Waals surface area contributed by atoms with Gasteiger partial charge in [0.1, 0.15) is 24.4 Å². The van der Waals surface area contributed by atoms with E-state index in [1.54, 1.807) is 0 Å². The summed E-state index contributed by atoms with van der Waals surface area (Å²) in [5, 5.41) is 47.8. The third-order valence-corrected chi connectivity index (χ3v) is 3.98. The van der Waals surface area contributed by atoms with Crippen molar-refractivity contribution in [3.05, 3.63) is 23.8 Å². The minimum absolute atomic E-state index is 0.0248. The Morgan fingerprint density at radius 1 is 1.11 bits per heavy atom. The molecule has 1 aromatic rings. The van der Waals surface area contributed by atoms with Crippen LogP contribution in [-0.2, 0) is 9.53 Å². The molecular weight excluding hydrogens is 364 g/mol. The lowest BCUT2D eigenvalue weighted by molar-refractivity contribution is -0.277. The van der Waals surface area contributed by atoms with Gasteiger partial charge in [0, 0.05) is 6.08 Å². The van der Waals surface area contributed by atoms with Crippen molar-refractivity contribution >= 4 is 12.0 Å². The smallest absolute Gasteiger partial charge is 0.328 e. The summed E-state index contributed by atoms with van der Waals surface area (Å²) in [6.45, 7) is -0.599. The van der Waals surface area contributed by atoms with Gasteiger partial charge in [0.2, 0.25) is 12.0 Å². The van der Waals surface area contributed by atoms with Crippen molar-refractivity contribution in [2.24, 2.45) is 0 Å². The summed E-state index contributed by atoms with van der Waals surface area (Å²) >= 11 is 0. The monoisotopic (exact) mass is 386 g/mol. The first-order chi connectivity index (χ1) is 12.8. The first-order valence-electron chi connectivity index (χ1n) is 7.96. The Labute approximate surface area is 154 Å². The molecule has 1 saturated heterocycles. The standard InChI is InChI=1S/C17H22O10/c1-24-9-5-8(3-4-12(19)20)6-10(25-2)16(9)27-17-15(23)14(22)13(21)11(7-18)26-17/h3-6,11,13-15,17-18,21-23H,7H2,1-2H3,(H,19,20)/b4-3+/t11-,13-,14+,15-,17?/m1/s1. The van der Waals surface area contributed by atoms with E-state index in [1.807, 2.05) is 0 Å². The molecule has 0 bridgehead atoms. The molecule has 1 fully saturated rings. The van der Waals surface area contributed by atoms with Gasteiger partial charge in [-0.05, 0) is 23.8 Å². The SMILES string of the molecule is COc1cc(/C=C/C(=O)O)cc(OC)c1OC1O[C@H](CO)[C@@H](O)[C@H](O)[C@H]1O. The Morgan fingerprint density at radius 2 is 1.70 bits per heavy atom. The van der Waals surface area contributed by atoms with Gasteiger partial charge in [-0.25, -0.2) is 4.79 Å². The molecule has 10 nitrogen and oxygen atoms in total. The van der Waals surface area contributed by atoms with E-state index in [0.717, 1.165) is 6.08 Å². The number of hydrogen-bond acceptors (Lipinski definition) is 9. The molecule has 27 heavy (non-hydrogen) atoms. The van der Waals surface area contributed by atoms with Gasteiger partial charge >= 0.3 is 5.97 Å². The van der Waals surface area contributed by atoms with Crippen LogP contribution in [0.25, 0.3) is 6.08 Å². The Balaban J connectivity index is 2.35. The summed E-state index contributed by atoms with van der Waals surface area (Å²) in [6, 6.07) is 2.95. The molecule has 0 radical (unpaired) electrons. The number of aliphatic hydroxyl groups is 4. The first kappa shape index (κ1) is 20.9. The molecule has 10 heteroatoms. The van der Waals surface area contributed by atoms with E-state index in [-0.39, 0.29) is 17.2 Å². The average Bonchev–Trinajstić information content (AvgIpc) is 2.66. The van der Waals surface area contributed by atoms with E-state index in [4.69, 9.17) is 24.1 Å². The van der Waals surface area contributed by atoms with Crippen LogP contribution in [0.3, 0.4) is 0 Å². The fourth-order valence-electron chi connectivity index (χ4n) is 2.56. The van der Waals surface area contributed by atoms with E-state index in [0.29, 0.717) is 5.56 Å². The van der Waals surface area contributed by atoms with Gasteiger partial charge in [-0.1, -0.05) is 0 Å². The van der Waals surface area contributed by atoms with E-state index in [1.165, 1.54) is 32.4 Å². The molecule has 150 valence electrons. The summed E-state index contributed by atoms with van der Waals surface area (Å²) in [5.41, 5.74) is 0.451. The third-order valence-electron chi connectivity index (χ3n) is 3.98. The maximum absolute atomic E-state index is 10.7. The second kappa shape index (κ2) is 9.02. The number of aliphatic hydroxyl groups excluding tert-OH is 4. The van der Waals surface area contributed by atoms with Crippen LogP contribution in [0.5, 0.6) is 17.2 Å².